The number of nitrogens with two attached hydrogens (primary N) is 1. The Kier molecular flexibility index (Phi) is 8.90. The van der Waals surface area contributed by atoms with Crippen molar-refractivity contribution in [3.05, 3.63) is 0 Å². The maximum atomic E-state index is 5.98. The van der Waals surface area contributed by atoms with E-state index in [9.17, 15) is 0 Å². The van der Waals surface area contributed by atoms with Gasteiger partial charge in [-0.1, -0.05) is 26.7 Å². The molecule has 0 saturated carbocycles. The second-order valence-corrected chi connectivity index (χ2v) is 4.50. The van der Waals surface area contributed by atoms with Crippen molar-refractivity contribution >= 4 is 0 Å². The number of unbranched alkanes of at least 4 members (excludes halogenated alkanes) is 1. The fourth-order valence-corrected chi connectivity index (χ4v) is 2.13. The van der Waals surface area contributed by atoms with Gasteiger partial charge in [0.1, 0.15) is 0 Å². The molecule has 0 heterocycles. The summed E-state index contributed by atoms with van der Waals surface area (Å²) in [6.45, 7) is 9.82. The molecule has 0 aliphatic rings. The lowest BCUT2D eigenvalue weighted by Gasteiger charge is -2.41. The van der Waals surface area contributed by atoms with Gasteiger partial charge < -0.3 is 10.5 Å². The molecule has 0 amide bonds. The zero-order valence-corrected chi connectivity index (χ0v) is 11.6. The Morgan fingerprint density at radius 1 is 1.25 bits per heavy atom. The lowest BCUT2D eigenvalue weighted by atomic mass is 9.88. The smallest absolute Gasteiger partial charge is 0.0593 e. The van der Waals surface area contributed by atoms with E-state index in [0.717, 1.165) is 32.7 Å². The molecule has 3 heteroatoms. The van der Waals surface area contributed by atoms with Gasteiger partial charge >= 0.3 is 0 Å². The number of nitrogens with zero attached hydrogens (tertiary/aromatic N) is 1. The predicted octanol–water partition coefficient (Wildman–Crippen LogP) is 2.25. The Morgan fingerprint density at radius 2 is 1.94 bits per heavy atom. The van der Waals surface area contributed by atoms with Crippen LogP contribution in [0.25, 0.3) is 0 Å². The van der Waals surface area contributed by atoms with Gasteiger partial charge in [0.15, 0.2) is 0 Å². The molecule has 0 aromatic rings. The van der Waals surface area contributed by atoms with Gasteiger partial charge in [0.05, 0.1) is 6.61 Å². The third-order valence-electron chi connectivity index (χ3n) is 3.62. The van der Waals surface area contributed by atoms with E-state index in [1.54, 1.807) is 0 Å². The minimum Gasteiger partial charge on any atom is -0.380 e. The topological polar surface area (TPSA) is 38.5 Å². The average Bonchev–Trinajstić information content (AvgIpc) is 2.31. The number of likely N-dealkylation sites (N-methyl/N-ethyl adjacent to an activating group) is 1. The number of rotatable bonds is 10. The highest BCUT2D eigenvalue weighted by Crippen LogP contribution is 2.23. The van der Waals surface area contributed by atoms with Crippen molar-refractivity contribution in [2.24, 2.45) is 5.73 Å². The van der Waals surface area contributed by atoms with E-state index in [1.165, 1.54) is 19.3 Å². The van der Waals surface area contributed by atoms with E-state index in [4.69, 9.17) is 10.5 Å². The van der Waals surface area contributed by atoms with Crippen molar-refractivity contribution in [1.29, 1.82) is 0 Å². The van der Waals surface area contributed by atoms with Crippen LogP contribution in [0.1, 0.15) is 46.5 Å². The molecule has 0 bridgehead atoms. The van der Waals surface area contributed by atoms with Gasteiger partial charge in [-0.2, -0.15) is 0 Å². The Morgan fingerprint density at radius 3 is 2.38 bits per heavy atom. The summed E-state index contributed by atoms with van der Waals surface area (Å²) < 4.78 is 5.41. The summed E-state index contributed by atoms with van der Waals surface area (Å²) in [5.74, 6) is 0. The fraction of sp³-hybridized carbons (Fsp3) is 1.00. The van der Waals surface area contributed by atoms with Gasteiger partial charge in [0, 0.05) is 25.2 Å². The largest absolute Gasteiger partial charge is 0.380 e. The van der Waals surface area contributed by atoms with E-state index in [2.05, 4.69) is 25.8 Å². The van der Waals surface area contributed by atoms with Crippen LogP contribution in [-0.4, -0.2) is 43.8 Å². The van der Waals surface area contributed by atoms with E-state index in [0.29, 0.717) is 0 Å². The van der Waals surface area contributed by atoms with Crippen molar-refractivity contribution in [3.63, 3.8) is 0 Å². The van der Waals surface area contributed by atoms with Crippen molar-refractivity contribution in [2.45, 2.75) is 52.0 Å². The Bertz CT molecular complexity index is 158. The molecule has 0 aliphatic heterocycles. The molecule has 0 spiro atoms. The first-order valence-corrected chi connectivity index (χ1v) is 6.65. The molecule has 2 N–H and O–H groups in total. The lowest BCUT2D eigenvalue weighted by molar-refractivity contribution is 0.0588. The predicted molar refractivity (Wildman–Crippen MR) is 70.7 cm³/mol. The minimum absolute atomic E-state index is 0.174. The quantitative estimate of drug-likeness (QED) is 0.585. The van der Waals surface area contributed by atoms with Crippen LogP contribution in [0.2, 0.25) is 0 Å². The van der Waals surface area contributed by atoms with Gasteiger partial charge in [0.25, 0.3) is 0 Å². The molecule has 0 aliphatic carbocycles. The van der Waals surface area contributed by atoms with Crippen LogP contribution in [0.15, 0.2) is 0 Å². The van der Waals surface area contributed by atoms with Crippen LogP contribution in [0.3, 0.4) is 0 Å². The minimum atomic E-state index is 0.174. The highest BCUT2D eigenvalue weighted by molar-refractivity contribution is 4.88. The van der Waals surface area contributed by atoms with Crippen LogP contribution in [-0.2, 0) is 4.74 Å². The second kappa shape index (κ2) is 8.97. The normalized spacial score (nSPS) is 15.4. The molecular weight excluding hydrogens is 200 g/mol. The summed E-state index contributed by atoms with van der Waals surface area (Å²) >= 11 is 0. The highest BCUT2D eigenvalue weighted by Gasteiger charge is 2.30. The summed E-state index contributed by atoms with van der Waals surface area (Å²) in [5.41, 5.74) is 6.16. The average molecular weight is 230 g/mol. The molecule has 1 atom stereocenters. The Balaban J connectivity index is 4.24. The summed E-state index contributed by atoms with van der Waals surface area (Å²) in [7, 11) is 2.17. The monoisotopic (exact) mass is 230 g/mol. The first-order chi connectivity index (χ1) is 7.66. The molecule has 0 aromatic heterocycles. The standard InChI is InChI=1S/C13H30N2O/c1-5-8-9-13(6-2,12-14)15(4)10-11-16-7-3/h5-12,14H2,1-4H3. The molecule has 98 valence electrons. The second-order valence-electron chi connectivity index (χ2n) is 4.50. The van der Waals surface area contributed by atoms with Gasteiger partial charge in [0.2, 0.25) is 0 Å². The third kappa shape index (κ3) is 4.81. The van der Waals surface area contributed by atoms with Gasteiger partial charge in [-0.25, -0.2) is 0 Å². The van der Waals surface area contributed by atoms with E-state index in [1.807, 2.05) is 6.92 Å². The first-order valence-electron chi connectivity index (χ1n) is 6.65. The fourth-order valence-electron chi connectivity index (χ4n) is 2.13. The number of hydrogen-bond donors (Lipinski definition) is 1. The van der Waals surface area contributed by atoms with Gasteiger partial charge in [-0.05, 0) is 26.8 Å². The molecule has 0 rings (SSSR count). The van der Waals surface area contributed by atoms with Gasteiger partial charge in [-0.15, -0.1) is 0 Å². The van der Waals surface area contributed by atoms with Crippen LogP contribution in [0.4, 0.5) is 0 Å². The molecule has 0 radical (unpaired) electrons. The Hall–Kier alpha value is -0.120. The zero-order valence-electron chi connectivity index (χ0n) is 11.6. The van der Waals surface area contributed by atoms with Crippen LogP contribution in [0, 0.1) is 0 Å². The SMILES string of the molecule is CCCCC(CC)(CN)N(C)CCOCC. The molecule has 3 nitrogen and oxygen atoms in total. The van der Waals surface area contributed by atoms with Crippen LogP contribution < -0.4 is 5.73 Å². The zero-order chi connectivity index (χ0) is 12.4. The van der Waals surface area contributed by atoms with Crippen molar-refractivity contribution < 1.29 is 4.74 Å². The van der Waals surface area contributed by atoms with Crippen LogP contribution in [0.5, 0.6) is 0 Å². The summed E-state index contributed by atoms with van der Waals surface area (Å²) in [5, 5.41) is 0. The van der Waals surface area contributed by atoms with Crippen molar-refractivity contribution in [2.75, 3.05) is 33.4 Å². The first kappa shape index (κ1) is 15.9. The van der Waals surface area contributed by atoms with Crippen LogP contribution >= 0.6 is 0 Å². The molecule has 1 unspecified atom stereocenters. The summed E-state index contributed by atoms with van der Waals surface area (Å²) in [4.78, 5) is 2.39. The summed E-state index contributed by atoms with van der Waals surface area (Å²) in [6, 6.07) is 0. The van der Waals surface area contributed by atoms with Crippen molar-refractivity contribution in [1.82, 2.24) is 4.90 Å². The molecular formula is C13H30N2O. The van der Waals surface area contributed by atoms with E-state index < -0.39 is 0 Å². The maximum Gasteiger partial charge on any atom is 0.0593 e. The van der Waals surface area contributed by atoms with Crippen molar-refractivity contribution in [3.8, 4) is 0 Å². The number of ether oxygens (including phenoxy) is 1. The molecule has 0 aromatic carbocycles. The number of hydrogen-bond acceptors (Lipinski definition) is 3. The summed E-state index contributed by atoms with van der Waals surface area (Å²) in [6.07, 6.45) is 4.80. The Labute approximate surface area is 101 Å². The molecule has 16 heavy (non-hydrogen) atoms. The molecule has 0 fully saturated rings. The third-order valence-corrected chi connectivity index (χ3v) is 3.62. The van der Waals surface area contributed by atoms with E-state index >= 15 is 0 Å². The maximum absolute atomic E-state index is 5.98. The van der Waals surface area contributed by atoms with E-state index in [-0.39, 0.29) is 5.54 Å². The highest BCUT2D eigenvalue weighted by atomic mass is 16.5. The lowest BCUT2D eigenvalue weighted by Crippen LogP contribution is -2.52. The molecule has 0 saturated heterocycles. The van der Waals surface area contributed by atoms with Gasteiger partial charge in [-0.3, -0.25) is 4.90 Å².